The molecule has 1 aromatic heterocycles. The van der Waals surface area contributed by atoms with E-state index < -0.39 is 0 Å². The maximum absolute atomic E-state index is 5.78. The molecule has 2 fully saturated rings. The first-order valence-corrected chi connectivity index (χ1v) is 5.84. The lowest BCUT2D eigenvalue weighted by atomic mass is 10.2. The van der Waals surface area contributed by atoms with Crippen LogP contribution >= 0.6 is 0 Å². The molecule has 2 unspecified atom stereocenters. The van der Waals surface area contributed by atoms with Crippen molar-refractivity contribution in [2.24, 2.45) is 0 Å². The van der Waals surface area contributed by atoms with E-state index in [1.165, 1.54) is 12.8 Å². The molecule has 2 atom stereocenters. The average molecular weight is 223 g/mol. The van der Waals surface area contributed by atoms with Crippen LogP contribution in [0.15, 0.2) is 10.7 Å². The van der Waals surface area contributed by atoms with Crippen LogP contribution in [0.4, 0.5) is 6.01 Å². The summed E-state index contributed by atoms with van der Waals surface area (Å²) in [5, 5.41) is 3.06. The van der Waals surface area contributed by atoms with E-state index in [1.807, 2.05) is 7.05 Å². The lowest BCUT2D eigenvalue weighted by molar-refractivity contribution is 0.0288. The van der Waals surface area contributed by atoms with E-state index >= 15 is 0 Å². The fraction of sp³-hybridized carbons (Fsp3) is 0.727. The van der Waals surface area contributed by atoms with Gasteiger partial charge in [0.05, 0.1) is 17.9 Å². The van der Waals surface area contributed by atoms with Crippen molar-refractivity contribution in [1.82, 2.24) is 10.3 Å². The van der Waals surface area contributed by atoms with Gasteiger partial charge in [-0.25, -0.2) is 0 Å². The van der Waals surface area contributed by atoms with Crippen molar-refractivity contribution in [2.75, 3.05) is 25.0 Å². The third kappa shape index (κ3) is 1.81. The maximum Gasteiger partial charge on any atom is 0.297 e. The Morgan fingerprint density at radius 2 is 2.19 bits per heavy atom. The lowest BCUT2D eigenvalue weighted by Gasteiger charge is -2.30. The zero-order chi connectivity index (χ0) is 11.0. The molecule has 5 nitrogen and oxygen atoms in total. The second-order valence-corrected chi connectivity index (χ2v) is 4.51. The van der Waals surface area contributed by atoms with Crippen molar-refractivity contribution in [3.8, 4) is 0 Å². The van der Waals surface area contributed by atoms with Crippen LogP contribution in [0.1, 0.15) is 18.5 Å². The van der Waals surface area contributed by atoms with Crippen LogP contribution in [-0.4, -0.2) is 37.3 Å². The van der Waals surface area contributed by atoms with Crippen LogP contribution in [0, 0.1) is 0 Å². The molecule has 2 saturated heterocycles. The van der Waals surface area contributed by atoms with Gasteiger partial charge in [-0.15, -0.1) is 0 Å². The van der Waals surface area contributed by atoms with Crippen LogP contribution in [-0.2, 0) is 11.3 Å². The number of anilines is 1. The van der Waals surface area contributed by atoms with Crippen molar-refractivity contribution >= 4 is 6.01 Å². The van der Waals surface area contributed by atoms with Gasteiger partial charge in [0.1, 0.15) is 6.26 Å². The highest BCUT2D eigenvalue weighted by atomic mass is 16.5. The van der Waals surface area contributed by atoms with Gasteiger partial charge in [0.2, 0.25) is 0 Å². The number of aromatic nitrogens is 1. The fourth-order valence-corrected chi connectivity index (χ4v) is 2.47. The van der Waals surface area contributed by atoms with Crippen LogP contribution < -0.4 is 10.2 Å². The molecule has 2 aliphatic rings. The van der Waals surface area contributed by atoms with E-state index in [0.29, 0.717) is 12.2 Å². The predicted molar refractivity (Wildman–Crippen MR) is 59.4 cm³/mol. The third-order valence-electron chi connectivity index (χ3n) is 3.21. The summed E-state index contributed by atoms with van der Waals surface area (Å²) in [6.07, 6.45) is 4.82. The second-order valence-electron chi connectivity index (χ2n) is 4.51. The van der Waals surface area contributed by atoms with E-state index in [9.17, 15) is 0 Å². The largest absolute Gasteiger partial charge is 0.432 e. The van der Waals surface area contributed by atoms with Crippen LogP contribution in [0.5, 0.6) is 0 Å². The molecule has 0 aliphatic carbocycles. The Labute approximate surface area is 94.8 Å². The standard InChI is InChI=1S/C11H17N3O2/c1-12-4-8-7-15-11(13-8)14-5-9-2-3-10(6-14)16-9/h7,9-10,12H,2-6H2,1H3. The average Bonchev–Trinajstić information content (AvgIpc) is 2.87. The smallest absolute Gasteiger partial charge is 0.297 e. The van der Waals surface area contributed by atoms with E-state index in [1.54, 1.807) is 6.26 Å². The first-order chi connectivity index (χ1) is 7.85. The van der Waals surface area contributed by atoms with Gasteiger partial charge in [-0.3, -0.25) is 0 Å². The molecule has 0 amide bonds. The van der Waals surface area contributed by atoms with Crippen molar-refractivity contribution in [3.05, 3.63) is 12.0 Å². The number of morpholine rings is 1. The highest BCUT2D eigenvalue weighted by molar-refractivity contribution is 5.29. The summed E-state index contributed by atoms with van der Waals surface area (Å²) >= 11 is 0. The molecule has 16 heavy (non-hydrogen) atoms. The van der Waals surface area contributed by atoms with E-state index in [-0.39, 0.29) is 0 Å². The monoisotopic (exact) mass is 223 g/mol. The van der Waals surface area contributed by atoms with Gasteiger partial charge >= 0.3 is 0 Å². The van der Waals surface area contributed by atoms with E-state index in [4.69, 9.17) is 9.15 Å². The third-order valence-corrected chi connectivity index (χ3v) is 3.21. The zero-order valence-electron chi connectivity index (χ0n) is 9.48. The number of hydrogen-bond donors (Lipinski definition) is 1. The van der Waals surface area contributed by atoms with Crippen molar-refractivity contribution < 1.29 is 9.15 Å². The number of nitrogens with zero attached hydrogens (tertiary/aromatic N) is 2. The number of oxazole rings is 1. The number of hydrogen-bond acceptors (Lipinski definition) is 5. The molecular formula is C11H17N3O2. The number of nitrogens with one attached hydrogen (secondary N) is 1. The molecule has 1 N–H and O–H groups in total. The zero-order valence-corrected chi connectivity index (χ0v) is 9.48. The van der Waals surface area contributed by atoms with Crippen molar-refractivity contribution in [1.29, 1.82) is 0 Å². The molecule has 3 rings (SSSR count). The van der Waals surface area contributed by atoms with Crippen LogP contribution in [0.3, 0.4) is 0 Å². The lowest BCUT2D eigenvalue weighted by Crippen LogP contribution is -2.42. The highest BCUT2D eigenvalue weighted by Crippen LogP contribution is 2.29. The number of rotatable bonds is 3. The minimum Gasteiger partial charge on any atom is -0.432 e. The van der Waals surface area contributed by atoms with E-state index in [2.05, 4.69) is 15.2 Å². The summed E-state index contributed by atoms with van der Waals surface area (Å²) in [6.45, 7) is 2.58. The van der Waals surface area contributed by atoms with Gasteiger partial charge < -0.3 is 19.4 Å². The Kier molecular flexibility index (Phi) is 2.57. The summed E-state index contributed by atoms with van der Waals surface area (Å²) in [4.78, 5) is 6.66. The highest BCUT2D eigenvalue weighted by Gasteiger charge is 2.35. The minimum atomic E-state index is 0.374. The minimum absolute atomic E-state index is 0.374. The molecule has 88 valence electrons. The Morgan fingerprint density at radius 3 is 2.88 bits per heavy atom. The quantitative estimate of drug-likeness (QED) is 0.820. The first kappa shape index (κ1) is 10.1. The summed E-state index contributed by atoms with van der Waals surface area (Å²) in [6, 6.07) is 0.741. The molecular weight excluding hydrogens is 206 g/mol. The summed E-state index contributed by atoms with van der Waals surface area (Å²) in [7, 11) is 1.91. The molecule has 0 saturated carbocycles. The molecule has 3 heterocycles. The van der Waals surface area contributed by atoms with Crippen LogP contribution in [0.25, 0.3) is 0 Å². The normalized spacial score (nSPS) is 28.7. The topological polar surface area (TPSA) is 50.5 Å². The maximum atomic E-state index is 5.78. The van der Waals surface area contributed by atoms with Crippen molar-refractivity contribution in [2.45, 2.75) is 31.6 Å². The van der Waals surface area contributed by atoms with Gasteiger partial charge in [-0.05, 0) is 19.9 Å². The first-order valence-electron chi connectivity index (χ1n) is 5.84. The number of ether oxygens (including phenoxy) is 1. The Balaban J connectivity index is 1.71. The molecule has 2 bridgehead atoms. The molecule has 1 aromatic rings. The Bertz CT molecular complexity index is 354. The molecule has 2 aliphatic heterocycles. The fourth-order valence-electron chi connectivity index (χ4n) is 2.47. The van der Waals surface area contributed by atoms with Gasteiger partial charge in [0.15, 0.2) is 0 Å². The predicted octanol–water partition coefficient (Wildman–Crippen LogP) is 0.762. The molecule has 0 radical (unpaired) electrons. The van der Waals surface area contributed by atoms with E-state index in [0.717, 1.165) is 31.3 Å². The van der Waals surface area contributed by atoms with Gasteiger partial charge in [0, 0.05) is 19.6 Å². The van der Waals surface area contributed by atoms with Gasteiger partial charge in [0.25, 0.3) is 6.01 Å². The Hall–Kier alpha value is -1.07. The summed E-state index contributed by atoms with van der Waals surface area (Å²) in [5.74, 6) is 0. The second kappa shape index (κ2) is 4.07. The SMILES string of the molecule is CNCc1coc(N2CC3CCC(C2)O3)n1. The number of fused-ring (bicyclic) bond motifs is 2. The summed E-state index contributed by atoms with van der Waals surface area (Å²) in [5.41, 5.74) is 0.955. The van der Waals surface area contributed by atoms with Gasteiger partial charge in [-0.1, -0.05) is 0 Å². The van der Waals surface area contributed by atoms with Crippen molar-refractivity contribution in [3.63, 3.8) is 0 Å². The summed E-state index contributed by atoms with van der Waals surface area (Å²) < 4.78 is 11.3. The molecule has 0 spiro atoms. The molecule has 0 aromatic carbocycles. The van der Waals surface area contributed by atoms with Crippen LogP contribution in [0.2, 0.25) is 0 Å². The van der Waals surface area contributed by atoms with Gasteiger partial charge in [-0.2, -0.15) is 4.98 Å². The Morgan fingerprint density at radius 1 is 1.44 bits per heavy atom. The molecule has 5 heteroatoms.